The van der Waals surface area contributed by atoms with Crippen molar-refractivity contribution in [3.05, 3.63) is 27.3 Å². The molecule has 1 N–H and O–H groups in total. The molecule has 0 fully saturated rings. The molecule has 0 saturated carbocycles. The van der Waals surface area contributed by atoms with Crippen LogP contribution < -0.4 is 4.72 Å². The molecule has 0 aliphatic heterocycles. The normalized spacial score (nSPS) is 11.5. The summed E-state index contributed by atoms with van der Waals surface area (Å²) in [5.41, 5.74) is 0.0522. The molecule has 0 atom stereocenters. The quantitative estimate of drug-likeness (QED) is 0.674. The zero-order valence-electron chi connectivity index (χ0n) is 7.72. The van der Waals surface area contributed by atoms with E-state index in [9.17, 15) is 17.2 Å². The zero-order valence-corrected chi connectivity index (χ0v) is 10.7. The van der Waals surface area contributed by atoms with E-state index in [1.807, 2.05) is 0 Å². The highest BCUT2D eigenvalue weighted by atomic mass is 127. The predicted octanol–water partition coefficient (Wildman–Crippen LogP) is 2.33. The van der Waals surface area contributed by atoms with Gasteiger partial charge in [0.1, 0.15) is 0 Å². The fourth-order valence-corrected chi connectivity index (χ4v) is 2.24. The Morgan fingerprint density at radius 2 is 1.87 bits per heavy atom. The molecule has 0 heterocycles. The minimum Gasteiger partial charge on any atom is -0.282 e. The second kappa shape index (κ2) is 4.60. The van der Waals surface area contributed by atoms with E-state index in [0.717, 1.165) is 12.1 Å². The fraction of sp³-hybridized carbons (Fsp3) is 0.250. The Morgan fingerprint density at radius 1 is 1.33 bits per heavy atom. The van der Waals surface area contributed by atoms with E-state index < -0.39 is 21.7 Å². The lowest BCUT2D eigenvalue weighted by Gasteiger charge is -2.08. The summed E-state index contributed by atoms with van der Waals surface area (Å²) in [5.74, 6) is -2.20. The molecule has 0 bridgehead atoms. The first-order valence-electron chi connectivity index (χ1n) is 4.00. The number of anilines is 1. The Hall–Kier alpha value is -0.440. The molecule has 0 spiro atoms. The molecule has 7 heteroatoms. The van der Waals surface area contributed by atoms with Crippen LogP contribution in [0.1, 0.15) is 6.92 Å². The second-order valence-corrected chi connectivity index (χ2v) is 5.92. The minimum absolute atomic E-state index is 0.0522. The predicted molar refractivity (Wildman–Crippen MR) is 62.2 cm³/mol. The van der Waals surface area contributed by atoms with Crippen molar-refractivity contribution in [3.63, 3.8) is 0 Å². The summed E-state index contributed by atoms with van der Waals surface area (Å²) >= 11 is 1.73. The zero-order chi connectivity index (χ0) is 11.6. The Labute approximate surface area is 100 Å². The van der Waals surface area contributed by atoms with Gasteiger partial charge < -0.3 is 0 Å². The van der Waals surface area contributed by atoms with Crippen LogP contribution in [0.2, 0.25) is 0 Å². The molecule has 0 aliphatic rings. The van der Waals surface area contributed by atoms with Crippen molar-refractivity contribution >= 4 is 38.3 Å². The van der Waals surface area contributed by atoms with Crippen molar-refractivity contribution in [2.75, 3.05) is 10.5 Å². The lowest BCUT2D eigenvalue weighted by molar-refractivity contribution is 0.508. The van der Waals surface area contributed by atoms with E-state index in [2.05, 4.69) is 4.72 Å². The Morgan fingerprint density at radius 3 is 2.40 bits per heavy atom. The van der Waals surface area contributed by atoms with Crippen LogP contribution in [0.25, 0.3) is 0 Å². The molecule has 0 aromatic heterocycles. The average molecular weight is 347 g/mol. The Kier molecular flexibility index (Phi) is 3.87. The van der Waals surface area contributed by atoms with Gasteiger partial charge in [-0.2, -0.15) is 0 Å². The highest BCUT2D eigenvalue weighted by Crippen LogP contribution is 2.22. The highest BCUT2D eigenvalue weighted by Gasteiger charge is 2.12. The van der Waals surface area contributed by atoms with E-state index in [0.29, 0.717) is 3.57 Å². The highest BCUT2D eigenvalue weighted by molar-refractivity contribution is 14.1. The molecular weight excluding hydrogens is 339 g/mol. The van der Waals surface area contributed by atoms with Crippen molar-refractivity contribution < 1.29 is 17.2 Å². The monoisotopic (exact) mass is 347 g/mol. The van der Waals surface area contributed by atoms with Crippen LogP contribution >= 0.6 is 22.6 Å². The summed E-state index contributed by atoms with van der Waals surface area (Å²) < 4.78 is 50.4. The molecule has 0 unspecified atom stereocenters. The van der Waals surface area contributed by atoms with Crippen LogP contribution in [0.3, 0.4) is 0 Å². The molecule has 84 valence electrons. The van der Waals surface area contributed by atoms with Gasteiger partial charge >= 0.3 is 0 Å². The molecule has 3 nitrogen and oxygen atoms in total. The Balaban J connectivity index is 3.12. The van der Waals surface area contributed by atoms with Gasteiger partial charge in [0.25, 0.3) is 0 Å². The van der Waals surface area contributed by atoms with Gasteiger partial charge in [-0.15, -0.1) is 0 Å². The Bertz CT molecular complexity index is 476. The number of halogens is 3. The molecule has 1 aromatic carbocycles. The van der Waals surface area contributed by atoms with Crippen molar-refractivity contribution in [2.24, 2.45) is 0 Å². The maximum atomic E-state index is 12.8. The largest absolute Gasteiger partial charge is 0.282 e. The van der Waals surface area contributed by atoms with E-state index >= 15 is 0 Å². The van der Waals surface area contributed by atoms with E-state index in [4.69, 9.17) is 0 Å². The maximum absolute atomic E-state index is 12.8. The molecule has 0 amide bonds. The summed E-state index contributed by atoms with van der Waals surface area (Å²) in [5, 5.41) is 0. The second-order valence-electron chi connectivity index (χ2n) is 2.75. The van der Waals surface area contributed by atoms with Gasteiger partial charge in [-0.25, -0.2) is 17.2 Å². The van der Waals surface area contributed by atoms with Gasteiger partial charge in [0, 0.05) is 9.64 Å². The summed E-state index contributed by atoms with van der Waals surface area (Å²) in [7, 11) is -3.47. The van der Waals surface area contributed by atoms with Crippen LogP contribution in [0.5, 0.6) is 0 Å². The number of nitrogens with one attached hydrogen (secondary N) is 1. The van der Waals surface area contributed by atoms with Crippen LogP contribution in [-0.4, -0.2) is 14.2 Å². The van der Waals surface area contributed by atoms with Crippen LogP contribution in [-0.2, 0) is 10.0 Å². The molecule has 0 saturated heterocycles. The third-order valence-electron chi connectivity index (χ3n) is 1.66. The minimum atomic E-state index is -3.47. The summed E-state index contributed by atoms with van der Waals surface area (Å²) in [6.45, 7) is 1.45. The smallest absolute Gasteiger partial charge is 0.232 e. The standard InChI is InChI=1S/C8H8F2INO2S/c1-2-15(13,14)12-8-4-6(10)5(9)3-7(8)11/h3-4,12H,2H2,1H3. The first kappa shape index (κ1) is 12.6. The first-order chi connectivity index (χ1) is 6.85. The maximum Gasteiger partial charge on any atom is 0.232 e. The molecule has 0 radical (unpaired) electrons. The molecule has 0 aliphatic carbocycles. The van der Waals surface area contributed by atoms with Gasteiger partial charge in [0.05, 0.1) is 11.4 Å². The first-order valence-corrected chi connectivity index (χ1v) is 6.74. The third-order valence-corrected chi connectivity index (χ3v) is 3.84. The topological polar surface area (TPSA) is 46.2 Å². The van der Waals surface area contributed by atoms with Gasteiger partial charge in [0.15, 0.2) is 11.6 Å². The number of benzene rings is 1. The average Bonchev–Trinajstić information content (AvgIpc) is 2.14. The van der Waals surface area contributed by atoms with Crippen molar-refractivity contribution in [1.82, 2.24) is 0 Å². The van der Waals surface area contributed by atoms with Gasteiger partial charge in [-0.05, 0) is 35.6 Å². The van der Waals surface area contributed by atoms with Crippen LogP contribution in [0.4, 0.5) is 14.5 Å². The number of hydrogen-bond donors (Lipinski definition) is 1. The lowest BCUT2D eigenvalue weighted by Crippen LogP contribution is -2.15. The third kappa shape index (κ3) is 3.26. The number of hydrogen-bond acceptors (Lipinski definition) is 2. The van der Waals surface area contributed by atoms with Crippen LogP contribution in [0, 0.1) is 15.2 Å². The lowest BCUT2D eigenvalue weighted by atomic mass is 10.3. The van der Waals surface area contributed by atoms with Gasteiger partial charge in [-0.1, -0.05) is 0 Å². The van der Waals surface area contributed by atoms with Gasteiger partial charge in [0.2, 0.25) is 10.0 Å². The molecule has 15 heavy (non-hydrogen) atoms. The summed E-state index contributed by atoms with van der Waals surface area (Å²) in [4.78, 5) is 0. The van der Waals surface area contributed by atoms with Crippen molar-refractivity contribution in [3.8, 4) is 0 Å². The van der Waals surface area contributed by atoms with E-state index in [1.54, 1.807) is 22.6 Å². The summed E-state index contributed by atoms with van der Waals surface area (Å²) in [6, 6.07) is 1.76. The van der Waals surface area contributed by atoms with Crippen molar-refractivity contribution in [2.45, 2.75) is 6.92 Å². The van der Waals surface area contributed by atoms with E-state index in [-0.39, 0.29) is 11.4 Å². The fourth-order valence-electron chi connectivity index (χ4n) is 0.840. The number of rotatable bonds is 3. The molecule has 1 aromatic rings. The van der Waals surface area contributed by atoms with E-state index in [1.165, 1.54) is 6.92 Å². The number of sulfonamides is 1. The summed E-state index contributed by atoms with van der Waals surface area (Å²) in [6.07, 6.45) is 0. The van der Waals surface area contributed by atoms with Crippen molar-refractivity contribution in [1.29, 1.82) is 0 Å². The molecular formula is C8H8F2INO2S. The van der Waals surface area contributed by atoms with Gasteiger partial charge in [-0.3, -0.25) is 4.72 Å². The molecule has 1 rings (SSSR count). The van der Waals surface area contributed by atoms with Crippen LogP contribution in [0.15, 0.2) is 12.1 Å². The SMILES string of the molecule is CCS(=O)(=O)Nc1cc(F)c(F)cc1I.